The van der Waals surface area contributed by atoms with Crippen molar-refractivity contribution < 1.29 is 0 Å². The molecular formula is C15H20BrNS. The highest BCUT2D eigenvalue weighted by Crippen LogP contribution is 2.23. The topological polar surface area (TPSA) is 12.0 Å². The SMILES string of the molecule is C#CCCCC(CSc1cccc(Br)c1)NCC. The number of rotatable bonds is 8. The molecule has 1 N–H and O–H groups in total. The Balaban J connectivity index is 2.39. The van der Waals surface area contributed by atoms with Crippen LogP contribution in [0.1, 0.15) is 26.2 Å². The van der Waals surface area contributed by atoms with Gasteiger partial charge in [0.25, 0.3) is 0 Å². The molecule has 0 saturated carbocycles. The monoisotopic (exact) mass is 325 g/mol. The second kappa shape index (κ2) is 9.49. The maximum absolute atomic E-state index is 5.29. The van der Waals surface area contributed by atoms with E-state index in [0.29, 0.717) is 6.04 Å². The molecule has 0 spiro atoms. The molecule has 0 aromatic heterocycles. The zero-order valence-corrected chi connectivity index (χ0v) is 13.2. The van der Waals surface area contributed by atoms with E-state index in [9.17, 15) is 0 Å². The Labute approximate surface area is 123 Å². The third kappa shape index (κ3) is 6.49. The predicted octanol–water partition coefficient (Wildman–Crippen LogP) is 4.32. The highest BCUT2D eigenvalue weighted by Gasteiger charge is 2.07. The summed E-state index contributed by atoms with van der Waals surface area (Å²) >= 11 is 5.40. The first-order valence-corrected chi connectivity index (χ1v) is 8.09. The Hall–Kier alpha value is -0.430. The molecule has 1 aromatic carbocycles. The van der Waals surface area contributed by atoms with Crippen molar-refractivity contribution in [2.24, 2.45) is 0 Å². The quantitative estimate of drug-likeness (QED) is 0.434. The van der Waals surface area contributed by atoms with Crippen LogP contribution < -0.4 is 5.32 Å². The van der Waals surface area contributed by atoms with Crippen LogP contribution in [0.3, 0.4) is 0 Å². The fourth-order valence-corrected chi connectivity index (χ4v) is 3.35. The molecule has 1 atom stereocenters. The van der Waals surface area contributed by atoms with Gasteiger partial charge < -0.3 is 5.32 Å². The molecule has 0 heterocycles. The first kappa shape index (κ1) is 15.6. The van der Waals surface area contributed by atoms with Crippen LogP contribution in [0.4, 0.5) is 0 Å². The normalized spacial score (nSPS) is 12.1. The Morgan fingerprint density at radius 2 is 2.33 bits per heavy atom. The zero-order valence-electron chi connectivity index (χ0n) is 10.8. The van der Waals surface area contributed by atoms with Gasteiger partial charge in [0.15, 0.2) is 0 Å². The molecule has 0 radical (unpaired) electrons. The van der Waals surface area contributed by atoms with Gasteiger partial charge in [-0.05, 0) is 37.6 Å². The summed E-state index contributed by atoms with van der Waals surface area (Å²) in [6, 6.07) is 8.99. The largest absolute Gasteiger partial charge is 0.313 e. The fourth-order valence-electron chi connectivity index (χ4n) is 1.74. The fraction of sp³-hybridized carbons (Fsp3) is 0.467. The van der Waals surface area contributed by atoms with E-state index in [1.807, 2.05) is 11.8 Å². The van der Waals surface area contributed by atoms with E-state index in [4.69, 9.17) is 6.42 Å². The molecular weight excluding hydrogens is 306 g/mol. The first-order valence-electron chi connectivity index (χ1n) is 6.31. The van der Waals surface area contributed by atoms with Crippen molar-refractivity contribution >= 4 is 27.7 Å². The molecule has 0 fully saturated rings. The van der Waals surface area contributed by atoms with Gasteiger partial charge >= 0.3 is 0 Å². The van der Waals surface area contributed by atoms with E-state index in [-0.39, 0.29) is 0 Å². The summed E-state index contributed by atoms with van der Waals surface area (Å²) in [6.07, 6.45) is 8.42. The summed E-state index contributed by atoms with van der Waals surface area (Å²) in [7, 11) is 0. The van der Waals surface area contributed by atoms with Crippen LogP contribution in [0.5, 0.6) is 0 Å². The Bertz CT molecular complexity index is 386. The summed E-state index contributed by atoms with van der Waals surface area (Å²) in [4.78, 5) is 1.31. The first-order chi connectivity index (χ1) is 8.76. The minimum atomic E-state index is 0.548. The smallest absolute Gasteiger partial charge is 0.0186 e. The van der Waals surface area contributed by atoms with Crippen molar-refractivity contribution in [2.75, 3.05) is 12.3 Å². The van der Waals surface area contributed by atoms with Gasteiger partial charge in [-0.1, -0.05) is 28.9 Å². The van der Waals surface area contributed by atoms with Crippen molar-refractivity contribution in [1.29, 1.82) is 0 Å². The maximum Gasteiger partial charge on any atom is 0.0186 e. The molecule has 0 amide bonds. The van der Waals surface area contributed by atoms with E-state index < -0.39 is 0 Å². The number of hydrogen-bond donors (Lipinski definition) is 1. The molecule has 0 saturated heterocycles. The van der Waals surface area contributed by atoms with Gasteiger partial charge in [-0.2, -0.15) is 0 Å². The molecule has 1 aromatic rings. The average Bonchev–Trinajstić information content (AvgIpc) is 2.36. The lowest BCUT2D eigenvalue weighted by molar-refractivity contribution is 0.523. The van der Waals surface area contributed by atoms with Crippen molar-refractivity contribution in [3.05, 3.63) is 28.7 Å². The molecule has 1 unspecified atom stereocenters. The number of unbranched alkanes of at least 4 members (excludes halogenated alkanes) is 1. The van der Waals surface area contributed by atoms with Gasteiger partial charge in [0.2, 0.25) is 0 Å². The molecule has 0 aliphatic heterocycles. The molecule has 0 bridgehead atoms. The van der Waals surface area contributed by atoms with Crippen LogP contribution in [0, 0.1) is 12.3 Å². The van der Waals surface area contributed by atoms with Crippen LogP contribution in [0.2, 0.25) is 0 Å². The lowest BCUT2D eigenvalue weighted by atomic mass is 10.1. The lowest BCUT2D eigenvalue weighted by Crippen LogP contribution is -2.31. The molecule has 3 heteroatoms. The van der Waals surface area contributed by atoms with Gasteiger partial charge in [0.05, 0.1) is 0 Å². The third-order valence-corrected chi connectivity index (χ3v) is 4.26. The lowest BCUT2D eigenvalue weighted by Gasteiger charge is -2.17. The van der Waals surface area contributed by atoms with Gasteiger partial charge in [-0.15, -0.1) is 24.1 Å². The van der Waals surface area contributed by atoms with E-state index in [1.165, 1.54) is 4.90 Å². The predicted molar refractivity (Wildman–Crippen MR) is 85.0 cm³/mol. The van der Waals surface area contributed by atoms with Crippen molar-refractivity contribution in [2.45, 2.75) is 37.1 Å². The minimum Gasteiger partial charge on any atom is -0.313 e. The third-order valence-electron chi connectivity index (χ3n) is 2.61. The van der Waals surface area contributed by atoms with Crippen LogP contribution >= 0.6 is 27.7 Å². The van der Waals surface area contributed by atoms with E-state index in [2.05, 4.69) is 58.4 Å². The average molecular weight is 326 g/mol. The second-order valence-electron chi connectivity index (χ2n) is 4.12. The molecule has 0 aliphatic carbocycles. The van der Waals surface area contributed by atoms with E-state index >= 15 is 0 Å². The van der Waals surface area contributed by atoms with Crippen molar-refractivity contribution in [3.8, 4) is 12.3 Å². The van der Waals surface area contributed by atoms with Crippen LogP contribution in [0.25, 0.3) is 0 Å². The standard InChI is InChI=1S/C15H20BrNS/c1-3-5-6-9-14(17-4-2)12-18-15-10-7-8-13(16)11-15/h1,7-8,10-11,14,17H,4-6,9,12H2,2H3. The molecule has 1 rings (SSSR count). The summed E-state index contributed by atoms with van der Waals surface area (Å²) in [6.45, 7) is 3.16. The number of nitrogens with one attached hydrogen (secondary N) is 1. The molecule has 0 aliphatic rings. The number of halogens is 1. The maximum atomic E-state index is 5.29. The van der Waals surface area contributed by atoms with Crippen molar-refractivity contribution in [3.63, 3.8) is 0 Å². The Morgan fingerprint density at radius 3 is 3.00 bits per heavy atom. The van der Waals surface area contributed by atoms with Gasteiger partial charge in [0.1, 0.15) is 0 Å². The van der Waals surface area contributed by atoms with E-state index in [1.54, 1.807) is 0 Å². The minimum absolute atomic E-state index is 0.548. The van der Waals surface area contributed by atoms with Crippen LogP contribution in [-0.2, 0) is 0 Å². The van der Waals surface area contributed by atoms with Crippen molar-refractivity contribution in [1.82, 2.24) is 5.32 Å². The van der Waals surface area contributed by atoms with Gasteiger partial charge in [-0.3, -0.25) is 0 Å². The van der Waals surface area contributed by atoms with Crippen LogP contribution in [-0.4, -0.2) is 18.3 Å². The number of thioether (sulfide) groups is 1. The number of benzene rings is 1. The number of terminal acetylenes is 1. The highest BCUT2D eigenvalue weighted by molar-refractivity contribution is 9.10. The van der Waals surface area contributed by atoms with Gasteiger partial charge in [0, 0.05) is 27.6 Å². The summed E-state index contributed by atoms with van der Waals surface area (Å²) in [5.74, 6) is 3.80. The summed E-state index contributed by atoms with van der Waals surface area (Å²) < 4.78 is 1.14. The molecule has 18 heavy (non-hydrogen) atoms. The van der Waals surface area contributed by atoms with E-state index in [0.717, 1.165) is 36.0 Å². The molecule has 1 nitrogen and oxygen atoms in total. The molecule has 98 valence electrons. The summed E-state index contributed by atoms with van der Waals surface area (Å²) in [5, 5.41) is 3.53. The highest BCUT2D eigenvalue weighted by atomic mass is 79.9. The number of hydrogen-bond acceptors (Lipinski definition) is 2. The second-order valence-corrected chi connectivity index (χ2v) is 6.13. The zero-order chi connectivity index (χ0) is 13.2. The van der Waals surface area contributed by atoms with Crippen LogP contribution in [0.15, 0.2) is 33.6 Å². The summed E-state index contributed by atoms with van der Waals surface area (Å²) in [5.41, 5.74) is 0. The Kier molecular flexibility index (Phi) is 8.24. The van der Waals surface area contributed by atoms with Gasteiger partial charge in [-0.25, -0.2) is 0 Å². The Morgan fingerprint density at radius 1 is 1.50 bits per heavy atom.